The molecule has 0 aromatic rings. The van der Waals surface area contributed by atoms with Crippen molar-refractivity contribution >= 4 is 11.8 Å². The lowest BCUT2D eigenvalue weighted by molar-refractivity contribution is 0.123. The minimum absolute atomic E-state index is 0.340. The third-order valence-electron chi connectivity index (χ3n) is 2.06. The van der Waals surface area contributed by atoms with Crippen LogP contribution in [0.25, 0.3) is 0 Å². The van der Waals surface area contributed by atoms with Crippen LogP contribution in [0.15, 0.2) is 0 Å². The molecule has 12 heavy (non-hydrogen) atoms. The fourth-order valence-corrected chi connectivity index (χ4v) is 2.28. The first-order chi connectivity index (χ1) is 5.83. The highest BCUT2D eigenvalue weighted by Gasteiger charge is 2.12. The summed E-state index contributed by atoms with van der Waals surface area (Å²) < 4.78 is 0. The number of aliphatic hydroxyl groups excluding tert-OH is 1. The number of rotatable bonds is 3. The van der Waals surface area contributed by atoms with E-state index in [0.717, 1.165) is 19.6 Å². The van der Waals surface area contributed by atoms with Crippen LogP contribution < -0.4 is 5.73 Å². The fraction of sp³-hybridized carbons (Fsp3) is 1.00. The third kappa shape index (κ3) is 3.76. The first kappa shape index (κ1) is 10.3. The molecule has 0 aliphatic carbocycles. The normalized spacial score (nSPS) is 23.5. The molecule has 0 amide bonds. The summed E-state index contributed by atoms with van der Waals surface area (Å²) in [5, 5.41) is 9.33. The van der Waals surface area contributed by atoms with E-state index in [2.05, 4.69) is 4.90 Å². The van der Waals surface area contributed by atoms with Gasteiger partial charge >= 0.3 is 0 Å². The van der Waals surface area contributed by atoms with Crippen molar-refractivity contribution in [2.24, 2.45) is 5.73 Å². The van der Waals surface area contributed by atoms with Gasteiger partial charge in [0.1, 0.15) is 0 Å². The van der Waals surface area contributed by atoms with Gasteiger partial charge < -0.3 is 10.8 Å². The van der Waals surface area contributed by atoms with Gasteiger partial charge in [-0.25, -0.2) is 0 Å². The molecule has 1 saturated heterocycles. The molecule has 1 heterocycles. The molecule has 1 atom stereocenters. The van der Waals surface area contributed by atoms with Crippen molar-refractivity contribution in [3.8, 4) is 0 Å². The predicted molar refractivity (Wildman–Crippen MR) is 53.4 cm³/mol. The quantitative estimate of drug-likeness (QED) is 0.644. The Labute approximate surface area is 78.3 Å². The molecule has 72 valence electrons. The van der Waals surface area contributed by atoms with Gasteiger partial charge in [0, 0.05) is 25.4 Å². The summed E-state index contributed by atoms with van der Waals surface area (Å²) in [6.45, 7) is 3.34. The van der Waals surface area contributed by atoms with Crippen molar-refractivity contribution in [3.63, 3.8) is 0 Å². The maximum absolute atomic E-state index is 9.33. The Morgan fingerprint density at radius 2 is 2.25 bits per heavy atom. The Bertz CT molecular complexity index is 116. The zero-order chi connectivity index (χ0) is 8.81. The van der Waals surface area contributed by atoms with E-state index in [4.69, 9.17) is 5.73 Å². The van der Waals surface area contributed by atoms with E-state index in [-0.39, 0.29) is 6.10 Å². The van der Waals surface area contributed by atoms with Crippen LogP contribution in [-0.2, 0) is 0 Å². The Hall–Kier alpha value is 0.230. The average Bonchev–Trinajstić information content (AvgIpc) is 2.33. The number of aliphatic hydroxyl groups is 1. The van der Waals surface area contributed by atoms with Crippen molar-refractivity contribution in [2.45, 2.75) is 12.5 Å². The number of nitrogens with zero attached hydrogens (tertiary/aromatic N) is 1. The monoisotopic (exact) mass is 190 g/mol. The molecule has 1 aliphatic heterocycles. The number of thioether (sulfide) groups is 1. The van der Waals surface area contributed by atoms with Crippen molar-refractivity contribution < 1.29 is 5.11 Å². The lowest BCUT2D eigenvalue weighted by Gasteiger charge is -2.21. The van der Waals surface area contributed by atoms with Crippen LogP contribution in [0.5, 0.6) is 0 Å². The van der Waals surface area contributed by atoms with E-state index in [9.17, 15) is 5.11 Å². The van der Waals surface area contributed by atoms with Crippen LogP contribution in [0.4, 0.5) is 0 Å². The van der Waals surface area contributed by atoms with Crippen molar-refractivity contribution in [1.82, 2.24) is 4.90 Å². The van der Waals surface area contributed by atoms with Gasteiger partial charge in [-0.15, -0.1) is 0 Å². The molecule has 0 aromatic heterocycles. The summed E-state index contributed by atoms with van der Waals surface area (Å²) >= 11 is 2.00. The number of β-amino-alcohol motifs (C(OH)–C–C–N with tert-alkyl or cyclic N) is 1. The van der Waals surface area contributed by atoms with Gasteiger partial charge in [0.2, 0.25) is 0 Å². The molecular weight excluding hydrogens is 172 g/mol. The van der Waals surface area contributed by atoms with Gasteiger partial charge in [0.15, 0.2) is 0 Å². The summed E-state index contributed by atoms with van der Waals surface area (Å²) in [5.41, 5.74) is 5.35. The van der Waals surface area contributed by atoms with Gasteiger partial charge in [-0.05, 0) is 18.7 Å². The molecule has 1 fully saturated rings. The van der Waals surface area contributed by atoms with Crippen molar-refractivity contribution in [2.75, 3.05) is 37.7 Å². The Balaban J connectivity index is 2.20. The molecule has 3 N–H and O–H groups in total. The van der Waals surface area contributed by atoms with Crippen molar-refractivity contribution in [1.29, 1.82) is 0 Å². The highest BCUT2D eigenvalue weighted by atomic mass is 32.2. The molecular formula is C8H18N2OS. The summed E-state index contributed by atoms with van der Waals surface area (Å²) in [4.78, 5) is 2.30. The van der Waals surface area contributed by atoms with Gasteiger partial charge in [-0.2, -0.15) is 11.8 Å². The zero-order valence-corrected chi connectivity index (χ0v) is 8.22. The summed E-state index contributed by atoms with van der Waals surface area (Å²) in [7, 11) is 0. The number of hydrogen-bond acceptors (Lipinski definition) is 4. The van der Waals surface area contributed by atoms with Crippen LogP contribution in [0.2, 0.25) is 0 Å². The van der Waals surface area contributed by atoms with Gasteiger partial charge in [-0.3, -0.25) is 4.90 Å². The number of hydrogen-bond donors (Lipinski definition) is 2. The molecule has 1 rings (SSSR count). The van der Waals surface area contributed by atoms with E-state index in [0.29, 0.717) is 6.54 Å². The fourth-order valence-electron chi connectivity index (χ4n) is 1.35. The topological polar surface area (TPSA) is 49.5 Å². The molecule has 1 aliphatic rings. The van der Waals surface area contributed by atoms with Crippen LogP contribution in [0, 0.1) is 0 Å². The summed E-state index contributed by atoms with van der Waals surface area (Å²) in [6, 6.07) is 0. The van der Waals surface area contributed by atoms with Gasteiger partial charge in [0.05, 0.1) is 6.10 Å². The van der Waals surface area contributed by atoms with Crippen molar-refractivity contribution in [3.05, 3.63) is 0 Å². The third-order valence-corrected chi connectivity index (χ3v) is 3.10. The molecule has 4 heteroatoms. The predicted octanol–water partition coefficient (Wildman–Crippen LogP) is -0.255. The lowest BCUT2D eigenvalue weighted by Crippen LogP contribution is -2.37. The molecule has 0 spiro atoms. The van der Waals surface area contributed by atoms with E-state index in [1.54, 1.807) is 0 Å². The molecule has 0 radical (unpaired) electrons. The van der Waals surface area contributed by atoms with E-state index in [1.165, 1.54) is 17.9 Å². The molecule has 1 unspecified atom stereocenters. The number of nitrogens with two attached hydrogens (primary N) is 1. The van der Waals surface area contributed by atoms with Crippen LogP contribution in [-0.4, -0.2) is 53.8 Å². The largest absolute Gasteiger partial charge is 0.390 e. The van der Waals surface area contributed by atoms with E-state index in [1.807, 2.05) is 11.8 Å². The highest BCUT2D eigenvalue weighted by molar-refractivity contribution is 7.99. The Kier molecular flexibility index (Phi) is 4.99. The second-order valence-electron chi connectivity index (χ2n) is 3.16. The maximum Gasteiger partial charge on any atom is 0.0789 e. The second kappa shape index (κ2) is 5.80. The van der Waals surface area contributed by atoms with E-state index >= 15 is 0 Å². The summed E-state index contributed by atoms with van der Waals surface area (Å²) in [6.07, 6.45) is 0.898. The standard InChI is InChI=1S/C8H18N2OS/c9-6-8(11)7-10-2-1-4-12-5-3-10/h8,11H,1-7,9H2. The Morgan fingerprint density at radius 1 is 1.42 bits per heavy atom. The van der Waals surface area contributed by atoms with Gasteiger partial charge in [0.25, 0.3) is 0 Å². The lowest BCUT2D eigenvalue weighted by atomic mass is 10.3. The molecule has 0 bridgehead atoms. The second-order valence-corrected chi connectivity index (χ2v) is 4.38. The minimum atomic E-state index is -0.340. The molecule has 0 saturated carbocycles. The molecule has 3 nitrogen and oxygen atoms in total. The SMILES string of the molecule is NCC(O)CN1CCCSCC1. The first-order valence-corrected chi connectivity index (χ1v) is 5.66. The molecule has 0 aromatic carbocycles. The average molecular weight is 190 g/mol. The maximum atomic E-state index is 9.33. The summed E-state index contributed by atoms with van der Waals surface area (Å²) in [5.74, 6) is 2.45. The van der Waals surface area contributed by atoms with Crippen LogP contribution in [0.1, 0.15) is 6.42 Å². The Morgan fingerprint density at radius 3 is 3.00 bits per heavy atom. The minimum Gasteiger partial charge on any atom is -0.390 e. The van der Waals surface area contributed by atoms with E-state index < -0.39 is 0 Å². The van der Waals surface area contributed by atoms with Gasteiger partial charge in [-0.1, -0.05) is 0 Å². The van der Waals surface area contributed by atoms with Crippen LogP contribution >= 0.6 is 11.8 Å². The zero-order valence-electron chi connectivity index (χ0n) is 7.41. The smallest absolute Gasteiger partial charge is 0.0789 e. The van der Waals surface area contributed by atoms with Crippen LogP contribution in [0.3, 0.4) is 0 Å². The first-order valence-electron chi connectivity index (χ1n) is 4.51. The highest BCUT2D eigenvalue weighted by Crippen LogP contribution is 2.09.